The molecule has 3 aromatic rings. The van der Waals surface area contributed by atoms with E-state index in [1.54, 1.807) is 44.8 Å². The predicted octanol–water partition coefficient (Wildman–Crippen LogP) is 3.42. The van der Waals surface area contributed by atoms with Crippen LogP contribution in [0.4, 0.5) is 0 Å². The molecule has 0 amide bonds. The van der Waals surface area contributed by atoms with Gasteiger partial charge in [-0.15, -0.1) is 0 Å². The fourth-order valence-electron chi connectivity index (χ4n) is 3.84. The molecule has 4 rings (SSSR count). The van der Waals surface area contributed by atoms with Crippen LogP contribution >= 0.6 is 33.9 Å². The van der Waals surface area contributed by atoms with E-state index in [1.165, 1.54) is 11.3 Å². The molecule has 1 atom stereocenters. The maximum absolute atomic E-state index is 13.6. The van der Waals surface area contributed by atoms with Gasteiger partial charge in [0.2, 0.25) is 0 Å². The standard InChI is InChI=1S/C25H23IN2O5S/c1-5-33-24(30)21-14(2)27-25-28(22(21)16-8-11-18(31-3)19(13-16)32-4)23(29)20(34-25)12-15-6-9-17(26)10-7-15/h6-13,22H,5H2,1-4H3/b20-12+/t22-/m0/s1. The molecule has 0 fully saturated rings. The van der Waals surface area contributed by atoms with E-state index in [4.69, 9.17) is 14.2 Å². The molecule has 9 heteroatoms. The Morgan fingerprint density at radius 3 is 2.50 bits per heavy atom. The molecule has 0 N–H and O–H groups in total. The van der Waals surface area contributed by atoms with Gasteiger partial charge in [-0.1, -0.05) is 29.5 Å². The number of ether oxygens (including phenoxy) is 3. The summed E-state index contributed by atoms with van der Waals surface area (Å²) in [5, 5.41) is 0. The van der Waals surface area contributed by atoms with Crippen molar-refractivity contribution in [1.29, 1.82) is 0 Å². The largest absolute Gasteiger partial charge is 0.493 e. The molecular weight excluding hydrogens is 567 g/mol. The first kappa shape index (κ1) is 24.2. The Kier molecular flexibility index (Phi) is 7.22. The van der Waals surface area contributed by atoms with Crippen LogP contribution < -0.4 is 24.4 Å². The highest BCUT2D eigenvalue weighted by Gasteiger charge is 2.33. The number of carbonyl (C=O) groups excluding carboxylic acids is 1. The molecule has 0 spiro atoms. The Bertz CT molecular complexity index is 1450. The maximum Gasteiger partial charge on any atom is 0.338 e. The first-order valence-corrected chi connectivity index (χ1v) is 12.4. The molecule has 0 radical (unpaired) electrons. The summed E-state index contributed by atoms with van der Waals surface area (Å²) >= 11 is 3.53. The van der Waals surface area contributed by atoms with Crippen molar-refractivity contribution in [2.24, 2.45) is 4.99 Å². The SMILES string of the molecule is CCOC(=O)C1=C(C)N=c2s/c(=C/c3ccc(I)cc3)c(=O)n2[C@H]1c1ccc(OC)c(OC)c1. The summed E-state index contributed by atoms with van der Waals surface area (Å²) in [5.41, 5.74) is 2.21. The molecule has 0 aliphatic carbocycles. The summed E-state index contributed by atoms with van der Waals surface area (Å²) < 4.78 is 19.4. The topological polar surface area (TPSA) is 79.1 Å². The van der Waals surface area contributed by atoms with Gasteiger partial charge in [-0.05, 0) is 77.9 Å². The van der Waals surface area contributed by atoms with E-state index < -0.39 is 12.0 Å². The van der Waals surface area contributed by atoms with Crippen LogP contribution in [0.2, 0.25) is 0 Å². The van der Waals surface area contributed by atoms with Gasteiger partial charge in [0.05, 0.1) is 42.7 Å². The minimum atomic E-state index is -0.714. The van der Waals surface area contributed by atoms with Crippen molar-refractivity contribution in [1.82, 2.24) is 4.57 Å². The molecule has 1 aromatic heterocycles. The lowest BCUT2D eigenvalue weighted by Gasteiger charge is -2.25. The summed E-state index contributed by atoms with van der Waals surface area (Å²) in [6, 6.07) is 12.5. The van der Waals surface area contributed by atoms with E-state index in [0.717, 1.165) is 9.13 Å². The molecule has 1 aliphatic rings. The van der Waals surface area contributed by atoms with Crippen molar-refractivity contribution in [3.63, 3.8) is 0 Å². The van der Waals surface area contributed by atoms with Gasteiger partial charge in [0, 0.05) is 3.57 Å². The van der Waals surface area contributed by atoms with Gasteiger partial charge in [0.25, 0.3) is 5.56 Å². The van der Waals surface area contributed by atoms with Crippen molar-refractivity contribution in [2.75, 3.05) is 20.8 Å². The Morgan fingerprint density at radius 1 is 1.15 bits per heavy atom. The lowest BCUT2D eigenvalue weighted by atomic mass is 9.95. The van der Waals surface area contributed by atoms with E-state index >= 15 is 0 Å². The van der Waals surface area contributed by atoms with E-state index in [9.17, 15) is 9.59 Å². The number of hydrogen-bond acceptors (Lipinski definition) is 7. The second kappa shape index (κ2) is 10.1. The van der Waals surface area contributed by atoms with Gasteiger partial charge >= 0.3 is 5.97 Å². The number of esters is 1. The van der Waals surface area contributed by atoms with Crippen molar-refractivity contribution in [3.05, 3.63) is 88.1 Å². The third-order valence-corrected chi connectivity index (χ3v) is 7.11. The average Bonchev–Trinajstić information content (AvgIpc) is 3.13. The predicted molar refractivity (Wildman–Crippen MR) is 139 cm³/mol. The summed E-state index contributed by atoms with van der Waals surface area (Å²) in [4.78, 5) is 31.8. The number of nitrogens with zero attached hydrogens (tertiary/aromatic N) is 2. The highest BCUT2D eigenvalue weighted by atomic mass is 127. The fraction of sp³-hybridized carbons (Fsp3) is 0.240. The highest BCUT2D eigenvalue weighted by Crippen LogP contribution is 2.36. The van der Waals surface area contributed by atoms with E-state index in [-0.39, 0.29) is 12.2 Å². The molecule has 0 saturated carbocycles. The molecule has 2 aromatic carbocycles. The average molecular weight is 590 g/mol. The lowest BCUT2D eigenvalue weighted by Crippen LogP contribution is -2.39. The number of methoxy groups -OCH3 is 2. The zero-order valence-electron chi connectivity index (χ0n) is 19.1. The van der Waals surface area contributed by atoms with Crippen molar-refractivity contribution in [3.8, 4) is 11.5 Å². The van der Waals surface area contributed by atoms with E-state index in [2.05, 4.69) is 27.6 Å². The number of rotatable bonds is 6. The van der Waals surface area contributed by atoms with Crippen LogP contribution in [0.1, 0.15) is 31.0 Å². The lowest BCUT2D eigenvalue weighted by molar-refractivity contribution is -0.139. The zero-order valence-corrected chi connectivity index (χ0v) is 22.1. The summed E-state index contributed by atoms with van der Waals surface area (Å²) in [7, 11) is 3.10. The Balaban J connectivity index is 1.96. The summed E-state index contributed by atoms with van der Waals surface area (Å²) in [5.74, 6) is 0.546. The second-order valence-corrected chi connectivity index (χ2v) is 9.72. The molecular formula is C25H23IN2O5S. The minimum Gasteiger partial charge on any atom is -0.493 e. The third-order valence-electron chi connectivity index (χ3n) is 5.41. The highest BCUT2D eigenvalue weighted by molar-refractivity contribution is 14.1. The molecule has 34 heavy (non-hydrogen) atoms. The first-order valence-electron chi connectivity index (χ1n) is 10.5. The Morgan fingerprint density at radius 2 is 1.85 bits per heavy atom. The van der Waals surface area contributed by atoms with Gasteiger partial charge < -0.3 is 14.2 Å². The molecule has 2 heterocycles. The van der Waals surface area contributed by atoms with Crippen LogP contribution in [0.25, 0.3) is 6.08 Å². The number of thiazole rings is 1. The fourth-order valence-corrected chi connectivity index (χ4v) is 5.25. The number of allylic oxidation sites excluding steroid dienone is 1. The van der Waals surface area contributed by atoms with Gasteiger partial charge in [-0.3, -0.25) is 9.36 Å². The summed E-state index contributed by atoms with van der Waals surface area (Å²) in [6.45, 7) is 3.72. The van der Waals surface area contributed by atoms with E-state index in [1.807, 2.05) is 36.4 Å². The number of aromatic nitrogens is 1. The van der Waals surface area contributed by atoms with Gasteiger partial charge in [-0.25, -0.2) is 9.79 Å². The molecule has 0 unspecified atom stereocenters. The normalized spacial score (nSPS) is 15.6. The maximum atomic E-state index is 13.6. The number of fused-ring (bicyclic) bond motifs is 1. The van der Waals surface area contributed by atoms with Crippen LogP contribution in [0.3, 0.4) is 0 Å². The van der Waals surface area contributed by atoms with Gasteiger partial charge in [0.15, 0.2) is 16.3 Å². The van der Waals surface area contributed by atoms with Crippen molar-refractivity contribution < 1.29 is 19.0 Å². The number of carbonyl (C=O) groups is 1. The quantitative estimate of drug-likeness (QED) is 0.325. The monoisotopic (exact) mass is 590 g/mol. The number of hydrogen-bond donors (Lipinski definition) is 0. The third kappa shape index (κ3) is 4.54. The molecule has 1 aliphatic heterocycles. The van der Waals surface area contributed by atoms with Crippen LogP contribution in [0.15, 0.2) is 63.5 Å². The Labute approximate surface area is 214 Å². The van der Waals surface area contributed by atoms with Crippen LogP contribution in [-0.4, -0.2) is 31.4 Å². The Hall–Kier alpha value is -2.92. The molecule has 0 saturated heterocycles. The van der Waals surface area contributed by atoms with E-state index in [0.29, 0.717) is 37.7 Å². The number of benzene rings is 2. The van der Waals surface area contributed by atoms with Crippen molar-refractivity contribution >= 4 is 46.0 Å². The summed E-state index contributed by atoms with van der Waals surface area (Å²) in [6.07, 6.45) is 1.84. The zero-order chi connectivity index (χ0) is 24.4. The van der Waals surface area contributed by atoms with Gasteiger partial charge in [0.1, 0.15) is 0 Å². The van der Waals surface area contributed by atoms with Crippen LogP contribution in [0.5, 0.6) is 11.5 Å². The smallest absolute Gasteiger partial charge is 0.338 e. The second-order valence-electron chi connectivity index (χ2n) is 7.47. The minimum absolute atomic E-state index is 0.214. The number of halogens is 1. The van der Waals surface area contributed by atoms with Crippen LogP contribution in [0, 0.1) is 3.57 Å². The molecule has 0 bridgehead atoms. The van der Waals surface area contributed by atoms with Crippen molar-refractivity contribution in [2.45, 2.75) is 19.9 Å². The van der Waals surface area contributed by atoms with Crippen LogP contribution in [-0.2, 0) is 9.53 Å². The first-order chi connectivity index (χ1) is 16.4. The molecule has 7 nitrogen and oxygen atoms in total. The van der Waals surface area contributed by atoms with Gasteiger partial charge in [-0.2, -0.15) is 0 Å². The molecule has 176 valence electrons.